The summed E-state index contributed by atoms with van der Waals surface area (Å²) < 4.78 is 5.17. The Morgan fingerprint density at radius 1 is 1.07 bits per heavy atom. The lowest BCUT2D eigenvalue weighted by molar-refractivity contribution is -0.127. The molecule has 8 nitrogen and oxygen atoms in total. The first-order valence-electron chi connectivity index (χ1n) is 8.54. The molecule has 148 valence electrons. The average Bonchev–Trinajstić information content (AvgIpc) is 2.95. The number of nitrogens with zero attached hydrogens (tertiary/aromatic N) is 1. The van der Waals surface area contributed by atoms with E-state index < -0.39 is 23.0 Å². The van der Waals surface area contributed by atoms with Gasteiger partial charge in [0, 0.05) is 5.69 Å². The van der Waals surface area contributed by atoms with Gasteiger partial charge < -0.3 is 15.8 Å². The third-order valence-corrected chi connectivity index (χ3v) is 4.70. The number of carbonyl (C=O) groups excluding carboxylic acids is 4. The second-order valence-corrected chi connectivity index (χ2v) is 7.00. The summed E-state index contributed by atoms with van der Waals surface area (Å²) in [7, 11) is 0. The van der Waals surface area contributed by atoms with Crippen LogP contribution in [0.2, 0.25) is 0 Å². The van der Waals surface area contributed by atoms with Gasteiger partial charge in [-0.25, -0.2) is 0 Å². The molecule has 1 fully saturated rings. The van der Waals surface area contributed by atoms with Gasteiger partial charge in [0.2, 0.25) is 5.91 Å². The predicted octanol–water partition coefficient (Wildman–Crippen LogP) is 2.23. The Hall–Kier alpha value is -3.59. The summed E-state index contributed by atoms with van der Waals surface area (Å²) >= 11 is 0.769. The number of ether oxygens (including phenoxy) is 1. The number of imide groups is 1. The summed E-state index contributed by atoms with van der Waals surface area (Å²) in [5, 5.41) is 2.13. The van der Waals surface area contributed by atoms with Crippen molar-refractivity contribution in [2.75, 3.05) is 18.5 Å². The second kappa shape index (κ2) is 9.07. The van der Waals surface area contributed by atoms with Crippen LogP contribution in [0.15, 0.2) is 59.5 Å². The maximum atomic E-state index is 12.5. The Bertz CT molecular complexity index is 973. The van der Waals surface area contributed by atoms with Crippen molar-refractivity contribution < 1.29 is 23.9 Å². The first kappa shape index (κ1) is 20.2. The van der Waals surface area contributed by atoms with Gasteiger partial charge in [0.1, 0.15) is 12.3 Å². The van der Waals surface area contributed by atoms with Crippen molar-refractivity contribution in [3.8, 4) is 5.75 Å². The number of rotatable bonds is 7. The second-order valence-electron chi connectivity index (χ2n) is 6.01. The number of amides is 4. The van der Waals surface area contributed by atoms with E-state index in [1.54, 1.807) is 54.6 Å². The number of primary amides is 1. The van der Waals surface area contributed by atoms with E-state index in [2.05, 4.69) is 5.32 Å². The molecule has 0 saturated carbocycles. The average molecular weight is 411 g/mol. The summed E-state index contributed by atoms with van der Waals surface area (Å²) in [5.74, 6) is -1.13. The fourth-order valence-electron chi connectivity index (χ4n) is 2.47. The van der Waals surface area contributed by atoms with E-state index in [0.717, 1.165) is 16.7 Å². The standard InChI is InChI=1S/C20H17N3O5S/c21-17(24)12-28-15-8-6-13(7-9-15)10-16-19(26)23(20(27)29-16)11-18(25)22-14-4-2-1-3-5-14/h1-10H,11-12H2,(H2,21,24)(H,22,25)/b16-10-. The van der Waals surface area contributed by atoms with Crippen molar-refractivity contribution in [3.05, 3.63) is 65.1 Å². The molecule has 0 aliphatic carbocycles. The van der Waals surface area contributed by atoms with Gasteiger partial charge in [-0.2, -0.15) is 0 Å². The molecule has 0 spiro atoms. The highest BCUT2D eigenvalue weighted by molar-refractivity contribution is 8.18. The minimum Gasteiger partial charge on any atom is -0.484 e. The van der Waals surface area contributed by atoms with Crippen LogP contribution in [0.1, 0.15) is 5.56 Å². The molecule has 0 aromatic heterocycles. The number of hydrogen-bond donors (Lipinski definition) is 2. The molecule has 4 amide bonds. The lowest BCUT2D eigenvalue weighted by Gasteiger charge is -2.12. The van der Waals surface area contributed by atoms with Crippen LogP contribution in [-0.2, 0) is 14.4 Å². The quantitative estimate of drug-likeness (QED) is 0.675. The summed E-state index contributed by atoms with van der Waals surface area (Å²) in [4.78, 5) is 48.7. The van der Waals surface area contributed by atoms with Gasteiger partial charge in [-0.05, 0) is 47.7 Å². The molecular formula is C20H17N3O5S. The zero-order valence-corrected chi connectivity index (χ0v) is 16.0. The molecular weight excluding hydrogens is 394 g/mol. The van der Waals surface area contributed by atoms with Crippen molar-refractivity contribution in [2.45, 2.75) is 0 Å². The van der Waals surface area contributed by atoms with Gasteiger partial charge in [-0.1, -0.05) is 30.3 Å². The van der Waals surface area contributed by atoms with Crippen LogP contribution in [0.25, 0.3) is 6.08 Å². The monoisotopic (exact) mass is 411 g/mol. The van der Waals surface area contributed by atoms with Crippen molar-refractivity contribution in [3.63, 3.8) is 0 Å². The molecule has 0 atom stereocenters. The van der Waals surface area contributed by atoms with E-state index in [0.29, 0.717) is 17.0 Å². The van der Waals surface area contributed by atoms with E-state index in [-0.39, 0.29) is 18.1 Å². The first-order valence-corrected chi connectivity index (χ1v) is 9.35. The largest absolute Gasteiger partial charge is 0.484 e. The summed E-state index contributed by atoms with van der Waals surface area (Å²) in [6.07, 6.45) is 1.55. The topological polar surface area (TPSA) is 119 Å². The number of anilines is 1. The van der Waals surface area contributed by atoms with Crippen LogP contribution in [0, 0.1) is 0 Å². The highest BCUT2D eigenvalue weighted by Crippen LogP contribution is 2.32. The Labute approximate surface area is 170 Å². The zero-order chi connectivity index (χ0) is 20.8. The molecule has 0 bridgehead atoms. The van der Waals surface area contributed by atoms with Crippen LogP contribution >= 0.6 is 11.8 Å². The molecule has 0 radical (unpaired) electrons. The molecule has 1 heterocycles. The molecule has 9 heteroatoms. The van der Waals surface area contributed by atoms with E-state index in [1.807, 2.05) is 6.07 Å². The number of nitrogens with one attached hydrogen (secondary N) is 1. The van der Waals surface area contributed by atoms with E-state index >= 15 is 0 Å². The van der Waals surface area contributed by atoms with E-state index in [1.165, 1.54) is 0 Å². The Kier molecular flexibility index (Phi) is 6.30. The molecule has 2 aromatic rings. The van der Waals surface area contributed by atoms with Crippen LogP contribution in [0.3, 0.4) is 0 Å². The van der Waals surface area contributed by atoms with Gasteiger partial charge in [0.25, 0.3) is 17.1 Å². The number of nitrogens with two attached hydrogens (primary N) is 1. The minimum absolute atomic E-state index is 0.216. The van der Waals surface area contributed by atoms with Gasteiger partial charge in [0.05, 0.1) is 4.91 Å². The Morgan fingerprint density at radius 2 is 1.76 bits per heavy atom. The zero-order valence-electron chi connectivity index (χ0n) is 15.2. The predicted molar refractivity (Wildman–Crippen MR) is 109 cm³/mol. The fraction of sp³-hybridized carbons (Fsp3) is 0.100. The van der Waals surface area contributed by atoms with Crippen LogP contribution in [0.4, 0.5) is 10.5 Å². The minimum atomic E-state index is -0.584. The van der Waals surface area contributed by atoms with Crippen LogP contribution in [-0.4, -0.2) is 41.0 Å². The first-order chi connectivity index (χ1) is 13.9. The number of thioether (sulfide) groups is 1. The lowest BCUT2D eigenvalue weighted by atomic mass is 10.2. The van der Waals surface area contributed by atoms with Crippen molar-refractivity contribution in [1.29, 1.82) is 0 Å². The SMILES string of the molecule is NC(=O)COc1ccc(/C=C2\SC(=O)N(CC(=O)Nc3ccccc3)C2=O)cc1. The van der Waals surface area contributed by atoms with Gasteiger partial charge in [-0.3, -0.25) is 24.1 Å². The fourth-order valence-corrected chi connectivity index (χ4v) is 3.31. The molecule has 1 saturated heterocycles. The third-order valence-electron chi connectivity index (χ3n) is 3.79. The van der Waals surface area contributed by atoms with E-state index in [4.69, 9.17) is 10.5 Å². The molecule has 1 aliphatic rings. The summed E-state index contributed by atoms with van der Waals surface area (Å²) in [6, 6.07) is 15.3. The molecule has 29 heavy (non-hydrogen) atoms. The molecule has 3 rings (SSSR count). The summed E-state index contributed by atoms with van der Waals surface area (Å²) in [6.45, 7) is -0.597. The highest BCUT2D eigenvalue weighted by atomic mass is 32.2. The smallest absolute Gasteiger partial charge is 0.294 e. The van der Waals surface area contributed by atoms with Crippen molar-refractivity contribution >= 4 is 46.5 Å². The number of para-hydroxylation sites is 1. The maximum absolute atomic E-state index is 12.5. The number of benzene rings is 2. The molecule has 3 N–H and O–H groups in total. The van der Waals surface area contributed by atoms with Crippen molar-refractivity contribution in [2.24, 2.45) is 5.73 Å². The van der Waals surface area contributed by atoms with Gasteiger partial charge in [0.15, 0.2) is 6.61 Å². The van der Waals surface area contributed by atoms with E-state index in [9.17, 15) is 19.2 Å². The number of hydrogen-bond acceptors (Lipinski definition) is 6. The van der Waals surface area contributed by atoms with Crippen LogP contribution in [0.5, 0.6) is 5.75 Å². The lowest BCUT2D eigenvalue weighted by Crippen LogP contribution is -2.36. The van der Waals surface area contributed by atoms with Crippen molar-refractivity contribution in [1.82, 2.24) is 4.90 Å². The maximum Gasteiger partial charge on any atom is 0.294 e. The van der Waals surface area contributed by atoms with Crippen LogP contribution < -0.4 is 15.8 Å². The summed E-state index contributed by atoms with van der Waals surface area (Å²) in [5.41, 5.74) is 6.26. The van der Waals surface area contributed by atoms with Gasteiger partial charge >= 0.3 is 0 Å². The number of carbonyl (C=O) groups is 4. The molecule has 2 aromatic carbocycles. The molecule has 1 aliphatic heterocycles. The molecule has 0 unspecified atom stereocenters. The Morgan fingerprint density at radius 3 is 2.41 bits per heavy atom. The third kappa shape index (κ3) is 5.45. The Balaban J connectivity index is 1.63. The normalized spacial score (nSPS) is 14.9. The van der Waals surface area contributed by atoms with Gasteiger partial charge in [-0.15, -0.1) is 0 Å². The highest BCUT2D eigenvalue weighted by Gasteiger charge is 2.36.